The zero-order chi connectivity index (χ0) is 19.7. The Kier molecular flexibility index (Phi) is 21.1. The number of amides is 1. The van der Waals surface area contributed by atoms with E-state index in [9.17, 15) is 17.8 Å². The molecule has 0 bridgehead atoms. The van der Waals surface area contributed by atoms with Crippen molar-refractivity contribution in [3.8, 4) is 0 Å². The molecule has 0 aromatic rings. The third-order valence-electron chi connectivity index (χ3n) is 4.50. The third-order valence-corrected chi connectivity index (χ3v) is 5.19. The molecule has 0 radical (unpaired) electrons. The third kappa shape index (κ3) is 22.3. The van der Waals surface area contributed by atoms with E-state index in [0.29, 0.717) is 6.42 Å². The molecule has 0 heterocycles. The van der Waals surface area contributed by atoms with Crippen LogP contribution in [0.2, 0.25) is 0 Å². The number of allylic oxidation sites excluding steroid dienone is 2. The Hall–Kier alpha value is 0.120. The molecular weight excluding hydrogens is 373 g/mol. The zero-order valence-electron chi connectivity index (χ0n) is 17.7. The van der Waals surface area contributed by atoms with Crippen molar-refractivity contribution in [1.82, 2.24) is 4.90 Å². The summed E-state index contributed by atoms with van der Waals surface area (Å²) in [6.45, 7) is 2.22. The van der Waals surface area contributed by atoms with Crippen LogP contribution in [-0.2, 0) is 14.9 Å². The SMILES string of the molecule is CCCCCCCC=CCCCCCCCC(=O)N(C)CCS(=O)(=O)[O-].[Na+]. The van der Waals surface area contributed by atoms with Gasteiger partial charge in [-0.2, -0.15) is 0 Å². The quantitative estimate of drug-likeness (QED) is 0.158. The predicted molar refractivity (Wildman–Crippen MR) is 107 cm³/mol. The summed E-state index contributed by atoms with van der Waals surface area (Å²) >= 11 is 0. The van der Waals surface area contributed by atoms with E-state index in [-0.39, 0.29) is 42.0 Å². The van der Waals surface area contributed by atoms with E-state index in [0.717, 1.165) is 25.7 Å². The molecule has 27 heavy (non-hydrogen) atoms. The van der Waals surface area contributed by atoms with Crippen molar-refractivity contribution in [1.29, 1.82) is 0 Å². The van der Waals surface area contributed by atoms with Crippen molar-refractivity contribution >= 4 is 16.0 Å². The first-order valence-corrected chi connectivity index (χ1v) is 11.8. The maximum atomic E-state index is 11.8. The fraction of sp³-hybridized carbons (Fsp3) is 0.850. The van der Waals surface area contributed by atoms with Crippen LogP contribution in [0.3, 0.4) is 0 Å². The molecule has 0 aliphatic rings. The topological polar surface area (TPSA) is 77.5 Å². The molecule has 0 atom stereocenters. The van der Waals surface area contributed by atoms with Gasteiger partial charge in [0.15, 0.2) is 0 Å². The van der Waals surface area contributed by atoms with E-state index >= 15 is 0 Å². The van der Waals surface area contributed by atoms with E-state index < -0.39 is 15.9 Å². The molecule has 0 saturated carbocycles. The van der Waals surface area contributed by atoms with Crippen LogP contribution in [-0.4, -0.2) is 43.1 Å². The van der Waals surface area contributed by atoms with E-state index in [1.54, 1.807) is 7.05 Å². The van der Waals surface area contributed by atoms with Crippen LogP contribution in [0.25, 0.3) is 0 Å². The minimum Gasteiger partial charge on any atom is -0.748 e. The monoisotopic (exact) mass is 411 g/mol. The van der Waals surface area contributed by atoms with Gasteiger partial charge in [-0.15, -0.1) is 0 Å². The Morgan fingerprint density at radius 1 is 0.889 bits per heavy atom. The molecule has 154 valence electrons. The first kappa shape index (κ1) is 29.3. The van der Waals surface area contributed by atoms with Crippen LogP contribution in [0.4, 0.5) is 0 Å². The first-order chi connectivity index (χ1) is 12.4. The fourth-order valence-electron chi connectivity index (χ4n) is 2.73. The second-order valence-corrected chi connectivity index (χ2v) is 8.58. The second-order valence-electron chi connectivity index (χ2n) is 7.06. The summed E-state index contributed by atoms with van der Waals surface area (Å²) < 4.78 is 31.7. The number of rotatable bonds is 17. The van der Waals surface area contributed by atoms with Gasteiger partial charge in [-0.3, -0.25) is 4.79 Å². The van der Waals surface area contributed by atoms with Gasteiger partial charge >= 0.3 is 29.6 Å². The molecule has 1 amide bonds. The average molecular weight is 412 g/mol. The summed E-state index contributed by atoms with van der Waals surface area (Å²) in [5.74, 6) is -0.600. The van der Waals surface area contributed by atoms with Crippen LogP contribution in [0.15, 0.2) is 12.2 Å². The van der Waals surface area contributed by atoms with Crippen molar-refractivity contribution in [2.75, 3.05) is 19.3 Å². The van der Waals surface area contributed by atoms with Crippen molar-refractivity contribution in [3.63, 3.8) is 0 Å². The number of nitrogens with zero attached hydrogens (tertiary/aromatic N) is 1. The standard InChI is InChI=1S/C20H39NO4S.Na/c1-3-4-5-6-7-8-9-10-11-12-13-14-15-16-17-20(22)21(2)18-19-26(23,24)25;/h9-10H,3-8,11-19H2,1-2H3,(H,23,24,25);/q;+1/p-1. The number of hydrogen-bond donors (Lipinski definition) is 0. The van der Waals surface area contributed by atoms with Gasteiger partial charge in [0, 0.05) is 20.0 Å². The minimum absolute atomic E-state index is 0. The molecule has 0 aliphatic carbocycles. The van der Waals surface area contributed by atoms with Crippen LogP contribution < -0.4 is 29.6 Å². The van der Waals surface area contributed by atoms with E-state index in [2.05, 4.69) is 19.1 Å². The molecule has 7 heteroatoms. The van der Waals surface area contributed by atoms with Gasteiger partial charge in [-0.25, -0.2) is 8.42 Å². The number of carbonyl (C=O) groups is 1. The summed E-state index contributed by atoms with van der Waals surface area (Å²) in [5, 5.41) is 0. The summed E-state index contributed by atoms with van der Waals surface area (Å²) in [4.78, 5) is 13.1. The van der Waals surface area contributed by atoms with Gasteiger partial charge in [0.05, 0.1) is 15.9 Å². The maximum absolute atomic E-state index is 11.8. The van der Waals surface area contributed by atoms with Gasteiger partial charge < -0.3 is 9.45 Å². The predicted octanol–water partition coefficient (Wildman–Crippen LogP) is 1.64. The Morgan fingerprint density at radius 2 is 1.37 bits per heavy atom. The molecule has 0 saturated heterocycles. The number of carbonyl (C=O) groups excluding carboxylic acids is 1. The second kappa shape index (κ2) is 19.4. The Morgan fingerprint density at radius 3 is 1.89 bits per heavy atom. The molecule has 5 nitrogen and oxygen atoms in total. The van der Waals surface area contributed by atoms with Gasteiger partial charge in [0.1, 0.15) is 0 Å². The molecule has 0 rings (SSSR count). The molecule has 0 aromatic heterocycles. The summed E-state index contributed by atoms with van der Waals surface area (Å²) in [6.07, 6.45) is 19.4. The van der Waals surface area contributed by atoms with Gasteiger partial charge in [-0.05, 0) is 32.1 Å². The van der Waals surface area contributed by atoms with E-state index in [1.165, 1.54) is 56.3 Å². The van der Waals surface area contributed by atoms with Crippen molar-refractivity contribution in [2.45, 2.75) is 90.4 Å². The molecule has 0 fully saturated rings. The van der Waals surface area contributed by atoms with Crippen molar-refractivity contribution in [2.24, 2.45) is 0 Å². The minimum atomic E-state index is -4.25. The number of unbranched alkanes of at least 4 members (excludes halogenated alkanes) is 10. The zero-order valence-corrected chi connectivity index (χ0v) is 20.6. The Balaban J connectivity index is 0. The number of hydrogen-bond acceptors (Lipinski definition) is 4. The van der Waals surface area contributed by atoms with Crippen LogP contribution in [0.1, 0.15) is 90.4 Å². The van der Waals surface area contributed by atoms with Gasteiger partial charge in [0.2, 0.25) is 5.91 Å². The van der Waals surface area contributed by atoms with Crippen molar-refractivity contribution < 1.29 is 47.3 Å². The molecule has 0 unspecified atom stereocenters. The summed E-state index contributed by atoms with van der Waals surface area (Å²) in [7, 11) is -2.71. The normalized spacial score (nSPS) is 11.5. The van der Waals surface area contributed by atoms with Crippen LogP contribution >= 0.6 is 0 Å². The van der Waals surface area contributed by atoms with Gasteiger partial charge in [-0.1, -0.05) is 64.0 Å². The average Bonchev–Trinajstić information content (AvgIpc) is 2.59. The van der Waals surface area contributed by atoms with E-state index in [4.69, 9.17) is 0 Å². The molecule has 0 N–H and O–H groups in total. The first-order valence-electron chi connectivity index (χ1n) is 10.2. The summed E-state index contributed by atoms with van der Waals surface area (Å²) in [6, 6.07) is 0. The smallest absolute Gasteiger partial charge is 0.748 e. The molecule has 0 spiro atoms. The Bertz CT molecular complexity index is 480. The Labute approximate surface area is 189 Å². The molecular formula is C20H38NNaO4S. The summed E-state index contributed by atoms with van der Waals surface area (Å²) in [5.41, 5.74) is 0. The van der Waals surface area contributed by atoms with E-state index in [1.807, 2.05) is 0 Å². The fourth-order valence-corrected chi connectivity index (χ4v) is 3.23. The molecule has 0 aliphatic heterocycles. The maximum Gasteiger partial charge on any atom is 1.00 e. The molecule has 0 aromatic carbocycles. The van der Waals surface area contributed by atoms with Crippen molar-refractivity contribution in [3.05, 3.63) is 12.2 Å². The van der Waals surface area contributed by atoms with Crippen LogP contribution in [0, 0.1) is 0 Å². The van der Waals surface area contributed by atoms with Gasteiger partial charge in [0.25, 0.3) is 0 Å². The van der Waals surface area contributed by atoms with Crippen LogP contribution in [0.5, 0.6) is 0 Å². The largest absolute Gasteiger partial charge is 1.00 e.